The van der Waals surface area contributed by atoms with E-state index in [1.807, 2.05) is 0 Å². The van der Waals surface area contributed by atoms with Gasteiger partial charge in [-0.25, -0.2) is 0 Å². The van der Waals surface area contributed by atoms with E-state index in [2.05, 4.69) is 12.2 Å². The van der Waals surface area contributed by atoms with Gasteiger partial charge in [0.15, 0.2) is 0 Å². The number of hydrogen-bond donors (Lipinski definition) is 2. The lowest BCUT2D eigenvalue weighted by Crippen LogP contribution is -2.37. The van der Waals surface area contributed by atoms with Crippen molar-refractivity contribution in [2.24, 2.45) is 0 Å². The molecule has 2 N–H and O–H groups in total. The third-order valence-corrected chi connectivity index (χ3v) is 2.04. The molecule has 0 amide bonds. The van der Waals surface area contributed by atoms with Crippen molar-refractivity contribution in [3.05, 3.63) is 0 Å². The number of hydrogen-bond acceptors (Lipinski definition) is 3. The van der Waals surface area contributed by atoms with Gasteiger partial charge in [-0.05, 0) is 19.4 Å². The molecular formula is C10H19NO3. The van der Waals surface area contributed by atoms with Crippen LogP contribution in [0.25, 0.3) is 0 Å². The van der Waals surface area contributed by atoms with Gasteiger partial charge >= 0.3 is 5.97 Å². The van der Waals surface area contributed by atoms with Gasteiger partial charge in [-0.15, -0.1) is 0 Å². The lowest BCUT2D eigenvalue weighted by atomic mass is 10.1. The summed E-state index contributed by atoms with van der Waals surface area (Å²) in [6.07, 6.45) is 4.65. The van der Waals surface area contributed by atoms with Gasteiger partial charge in [-0.3, -0.25) is 4.79 Å². The predicted molar refractivity (Wildman–Crippen MR) is 54.2 cm³/mol. The van der Waals surface area contributed by atoms with Crippen LogP contribution in [0.4, 0.5) is 0 Å². The number of aliphatic carboxylic acids is 1. The minimum absolute atomic E-state index is 0.303. The third kappa shape index (κ3) is 6.60. The zero-order chi connectivity index (χ0) is 10.8. The summed E-state index contributed by atoms with van der Waals surface area (Å²) in [5.74, 6) is -0.872. The van der Waals surface area contributed by atoms with Crippen molar-refractivity contribution in [1.82, 2.24) is 5.32 Å². The molecule has 0 aromatic rings. The van der Waals surface area contributed by atoms with Crippen molar-refractivity contribution in [2.75, 3.05) is 6.54 Å². The molecule has 0 aliphatic carbocycles. The van der Waals surface area contributed by atoms with Crippen molar-refractivity contribution >= 4 is 12.3 Å². The Morgan fingerprint density at radius 2 is 2.21 bits per heavy atom. The quantitative estimate of drug-likeness (QED) is 0.434. The molecule has 0 aromatic carbocycles. The minimum atomic E-state index is -0.872. The number of carbonyl (C=O) groups excluding carboxylic acids is 1. The number of nitrogens with one attached hydrogen (secondary N) is 1. The third-order valence-electron chi connectivity index (χ3n) is 2.04. The van der Waals surface area contributed by atoms with Crippen LogP contribution in [0.1, 0.15) is 39.0 Å². The van der Waals surface area contributed by atoms with Crippen molar-refractivity contribution in [1.29, 1.82) is 0 Å². The highest BCUT2D eigenvalue weighted by molar-refractivity contribution is 5.73. The summed E-state index contributed by atoms with van der Waals surface area (Å²) in [5.41, 5.74) is 0. The fourth-order valence-electron chi connectivity index (χ4n) is 1.20. The molecule has 14 heavy (non-hydrogen) atoms. The second-order valence-corrected chi connectivity index (χ2v) is 3.30. The molecule has 4 nitrogen and oxygen atoms in total. The van der Waals surface area contributed by atoms with Crippen molar-refractivity contribution in [2.45, 2.75) is 45.1 Å². The normalized spacial score (nSPS) is 12.4. The van der Waals surface area contributed by atoms with Crippen LogP contribution in [-0.2, 0) is 9.59 Å². The van der Waals surface area contributed by atoms with E-state index in [0.717, 1.165) is 25.5 Å². The second-order valence-electron chi connectivity index (χ2n) is 3.30. The van der Waals surface area contributed by atoms with Gasteiger partial charge in [0, 0.05) is 6.42 Å². The molecule has 0 aliphatic heterocycles. The molecule has 1 unspecified atom stereocenters. The number of unbranched alkanes of at least 4 members (excludes halogenated alkanes) is 2. The lowest BCUT2D eigenvalue weighted by Gasteiger charge is -2.12. The Morgan fingerprint density at radius 1 is 1.50 bits per heavy atom. The minimum Gasteiger partial charge on any atom is -0.480 e. The molecule has 0 heterocycles. The molecule has 0 bridgehead atoms. The van der Waals surface area contributed by atoms with Gasteiger partial charge in [-0.2, -0.15) is 0 Å². The molecule has 82 valence electrons. The van der Waals surface area contributed by atoms with E-state index in [-0.39, 0.29) is 0 Å². The monoisotopic (exact) mass is 201 g/mol. The van der Waals surface area contributed by atoms with E-state index in [1.165, 1.54) is 0 Å². The first-order valence-electron chi connectivity index (χ1n) is 5.12. The number of rotatable bonds is 9. The fourth-order valence-corrected chi connectivity index (χ4v) is 1.20. The Hall–Kier alpha value is -0.900. The van der Waals surface area contributed by atoms with Crippen LogP contribution < -0.4 is 5.32 Å². The van der Waals surface area contributed by atoms with Gasteiger partial charge in [-0.1, -0.05) is 19.8 Å². The van der Waals surface area contributed by atoms with Gasteiger partial charge in [0.25, 0.3) is 0 Å². The highest BCUT2D eigenvalue weighted by atomic mass is 16.4. The van der Waals surface area contributed by atoms with E-state index in [4.69, 9.17) is 5.11 Å². The van der Waals surface area contributed by atoms with Crippen LogP contribution in [0.5, 0.6) is 0 Å². The summed E-state index contributed by atoms with van der Waals surface area (Å²) < 4.78 is 0. The van der Waals surface area contributed by atoms with Gasteiger partial charge < -0.3 is 15.2 Å². The van der Waals surface area contributed by atoms with E-state index in [1.54, 1.807) is 0 Å². The van der Waals surface area contributed by atoms with Crippen molar-refractivity contribution < 1.29 is 14.7 Å². The molecule has 0 saturated heterocycles. The molecule has 0 aromatic heterocycles. The molecular weight excluding hydrogens is 182 g/mol. The molecule has 0 aliphatic rings. The molecule has 0 rings (SSSR count). The van der Waals surface area contributed by atoms with Crippen LogP contribution in [-0.4, -0.2) is 29.9 Å². The number of aldehydes is 1. The number of carbonyl (C=O) groups is 2. The SMILES string of the molecule is CCCCCNC(CCC=O)C(=O)O. The van der Waals surface area contributed by atoms with Gasteiger partial charge in [0.2, 0.25) is 0 Å². The number of carboxylic acids is 1. The average Bonchev–Trinajstić information content (AvgIpc) is 2.16. The average molecular weight is 201 g/mol. The first-order valence-corrected chi connectivity index (χ1v) is 5.12. The number of carboxylic acid groups (broad SMARTS) is 1. The van der Waals surface area contributed by atoms with Crippen molar-refractivity contribution in [3.63, 3.8) is 0 Å². The van der Waals surface area contributed by atoms with Crippen LogP contribution in [0.15, 0.2) is 0 Å². The van der Waals surface area contributed by atoms with E-state index >= 15 is 0 Å². The standard InChI is InChI=1S/C10H19NO3/c1-2-3-4-7-11-9(10(13)14)6-5-8-12/h8-9,11H,2-7H2,1H3,(H,13,14). The Labute approximate surface area is 84.7 Å². The predicted octanol–water partition coefficient (Wildman–Crippen LogP) is 1.20. The van der Waals surface area contributed by atoms with E-state index in [9.17, 15) is 9.59 Å². The Bertz CT molecular complexity index is 171. The Balaban J connectivity index is 3.62. The van der Waals surface area contributed by atoms with Crippen LogP contribution >= 0.6 is 0 Å². The maximum Gasteiger partial charge on any atom is 0.320 e. The highest BCUT2D eigenvalue weighted by Crippen LogP contribution is 1.97. The Morgan fingerprint density at radius 3 is 2.71 bits per heavy atom. The van der Waals surface area contributed by atoms with Crippen LogP contribution in [0.2, 0.25) is 0 Å². The lowest BCUT2D eigenvalue weighted by molar-refractivity contribution is -0.139. The summed E-state index contributed by atoms with van der Waals surface area (Å²) in [7, 11) is 0. The molecule has 0 fully saturated rings. The maximum absolute atomic E-state index is 10.7. The van der Waals surface area contributed by atoms with Crippen LogP contribution in [0.3, 0.4) is 0 Å². The summed E-state index contributed by atoms with van der Waals surface area (Å²) in [6.45, 7) is 2.81. The van der Waals surface area contributed by atoms with Crippen molar-refractivity contribution in [3.8, 4) is 0 Å². The smallest absolute Gasteiger partial charge is 0.320 e. The highest BCUT2D eigenvalue weighted by Gasteiger charge is 2.14. The summed E-state index contributed by atoms with van der Waals surface area (Å²) in [5, 5.41) is 11.7. The van der Waals surface area contributed by atoms with Crippen LogP contribution in [0, 0.1) is 0 Å². The zero-order valence-corrected chi connectivity index (χ0v) is 8.66. The van der Waals surface area contributed by atoms with Gasteiger partial charge in [0.1, 0.15) is 12.3 Å². The zero-order valence-electron chi connectivity index (χ0n) is 8.66. The van der Waals surface area contributed by atoms with E-state index in [0.29, 0.717) is 19.4 Å². The largest absolute Gasteiger partial charge is 0.480 e. The molecule has 1 atom stereocenters. The molecule has 0 saturated carbocycles. The first kappa shape index (κ1) is 13.1. The molecule has 4 heteroatoms. The summed E-state index contributed by atoms with van der Waals surface area (Å²) >= 11 is 0. The summed E-state index contributed by atoms with van der Waals surface area (Å²) in [6, 6.07) is -0.572. The fraction of sp³-hybridized carbons (Fsp3) is 0.800. The van der Waals surface area contributed by atoms with E-state index < -0.39 is 12.0 Å². The second kappa shape index (κ2) is 8.69. The maximum atomic E-state index is 10.7. The summed E-state index contributed by atoms with van der Waals surface area (Å²) in [4.78, 5) is 20.8. The Kier molecular flexibility index (Phi) is 8.13. The topological polar surface area (TPSA) is 66.4 Å². The molecule has 0 spiro atoms. The first-order chi connectivity index (χ1) is 6.72. The molecule has 0 radical (unpaired) electrons. The van der Waals surface area contributed by atoms with Gasteiger partial charge in [0.05, 0.1) is 0 Å².